The molecule has 0 aliphatic carbocycles. The lowest BCUT2D eigenvalue weighted by Crippen LogP contribution is -2.18. The molecule has 0 aliphatic heterocycles. The summed E-state index contributed by atoms with van der Waals surface area (Å²) in [6.07, 6.45) is 0. The predicted octanol–water partition coefficient (Wildman–Crippen LogP) is 3.94. The monoisotopic (exact) mass is 297 g/mol. The summed E-state index contributed by atoms with van der Waals surface area (Å²) >= 11 is 6.02. The van der Waals surface area contributed by atoms with E-state index in [1.165, 1.54) is 0 Å². The fraction of sp³-hybridized carbons (Fsp3) is 0.200. The Balaban J connectivity index is 2.49. The van der Waals surface area contributed by atoms with Crippen LogP contribution in [0.5, 0.6) is 5.75 Å². The van der Waals surface area contributed by atoms with Crippen LogP contribution in [0.3, 0.4) is 0 Å². The Kier molecular flexibility index (Phi) is 4.57. The third-order valence-corrected chi connectivity index (χ3v) is 3.39. The summed E-state index contributed by atoms with van der Waals surface area (Å²) in [6.45, 7) is 0. The Morgan fingerprint density at radius 3 is 2.50 bits per heavy atom. The lowest BCUT2D eigenvalue weighted by molar-refractivity contribution is 0.413. The molecule has 2 aromatic carbocycles. The van der Waals surface area contributed by atoms with Crippen molar-refractivity contribution in [3.05, 3.63) is 64.2 Å². The number of halogens is 3. The Hall–Kier alpha value is -1.65. The number of benzene rings is 2. The van der Waals surface area contributed by atoms with Crippen LogP contribution in [0, 0.1) is 11.6 Å². The lowest BCUT2D eigenvalue weighted by atomic mass is 9.98. The summed E-state index contributed by atoms with van der Waals surface area (Å²) in [6, 6.07) is 9.05. The molecule has 106 valence electrons. The minimum absolute atomic E-state index is 0.172. The highest BCUT2D eigenvalue weighted by molar-refractivity contribution is 6.31. The summed E-state index contributed by atoms with van der Waals surface area (Å²) in [5, 5.41) is 3.22. The van der Waals surface area contributed by atoms with E-state index in [9.17, 15) is 8.78 Å². The predicted molar refractivity (Wildman–Crippen MR) is 75.3 cm³/mol. The number of methoxy groups -OCH3 is 1. The van der Waals surface area contributed by atoms with Crippen molar-refractivity contribution >= 4 is 11.6 Å². The van der Waals surface area contributed by atoms with Gasteiger partial charge in [-0.1, -0.05) is 23.7 Å². The molecule has 0 heterocycles. The molecule has 0 fully saturated rings. The molecule has 2 rings (SSSR count). The van der Waals surface area contributed by atoms with Crippen molar-refractivity contribution in [2.45, 2.75) is 6.04 Å². The minimum atomic E-state index is -0.959. The van der Waals surface area contributed by atoms with Crippen LogP contribution >= 0.6 is 11.6 Å². The van der Waals surface area contributed by atoms with E-state index in [4.69, 9.17) is 16.3 Å². The van der Waals surface area contributed by atoms with E-state index >= 15 is 0 Å². The third kappa shape index (κ3) is 2.92. The molecule has 0 aromatic heterocycles. The molecule has 2 aromatic rings. The summed E-state index contributed by atoms with van der Waals surface area (Å²) in [5.41, 5.74) is 1.32. The van der Waals surface area contributed by atoms with Crippen molar-refractivity contribution in [1.82, 2.24) is 5.32 Å². The van der Waals surface area contributed by atoms with Crippen molar-refractivity contribution < 1.29 is 13.5 Å². The van der Waals surface area contributed by atoms with E-state index in [-0.39, 0.29) is 11.1 Å². The zero-order valence-corrected chi connectivity index (χ0v) is 11.8. The van der Waals surface area contributed by atoms with Gasteiger partial charge in [-0.05, 0) is 42.4 Å². The summed E-state index contributed by atoms with van der Waals surface area (Å²) in [7, 11) is 3.29. The average molecular weight is 298 g/mol. The van der Waals surface area contributed by atoms with Gasteiger partial charge in [0.2, 0.25) is 0 Å². The molecule has 1 N–H and O–H groups in total. The fourth-order valence-corrected chi connectivity index (χ4v) is 2.34. The van der Waals surface area contributed by atoms with Crippen molar-refractivity contribution in [1.29, 1.82) is 0 Å². The topological polar surface area (TPSA) is 21.3 Å². The molecule has 1 unspecified atom stereocenters. The van der Waals surface area contributed by atoms with Gasteiger partial charge in [-0.25, -0.2) is 8.78 Å². The Bertz CT molecular complexity index is 619. The van der Waals surface area contributed by atoms with Gasteiger partial charge in [0.05, 0.1) is 13.2 Å². The van der Waals surface area contributed by atoms with E-state index in [1.807, 2.05) is 24.3 Å². The molecule has 0 radical (unpaired) electrons. The van der Waals surface area contributed by atoms with Crippen molar-refractivity contribution in [2.75, 3.05) is 14.2 Å². The number of ether oxygens (including phenoxy) is 1. The van der Waals surface area contributed by atoms with Gasteiger partial charge in [-0.3, -0.25) is 0 Å². The normalized spacial score (nSPS) is 12.2. The Morgan fingerprint density at radius 1 is 1.15 bits per heavy atom. The van der Waals surface area contributed by atoms with E-state index in [0.717, 1.165) is 17.7 Å². The highest BCUT2D eigenvalue weighted by Crippen LogP contribution is 2.31. The smallest absolute Gasteiger partial charge is 0.160 e. The summed E-state index contributed by atoms with van der Waals surface area (Å²) in [4.78, 5) is 0. The Labute approximate surface area is 121 Å². The van der Waals surface area contributed by atoms with Crippen molar-refractivity contribution in [2.24, 2.45) is 0 Å². The molecular weight excluding hydrogens is 284 g/mol. The van der Waals surface area contributed by atoms with Gasteiger partial charge in [-0.15, -0.1) is 0 Å². The van der Waals surface area contributed by atoms with Gasteiger partial charge >= 0.3 is 0 Å². The quantitative estimate of drug-likeness (QED) is 0.863. The molecule has 2 nitrogen and oxygen atoms in total. The molecular formula is C15H14ClF2NO. The second-order valence-electron chi connectivity index (χ2n) is 4.29. The van der Waals surface area contributed by atoms with Crippen LogP contribution in [0.4, 0.5) is 8.78 Å². The van der Waals surface area contributed by atoms with Gasteiger partial charge in [0.15, 0.2) is 11.6 Å². The Morgan fingerprint density at radius 2 is 1.85 bits per heavy atom. The lowest BCUT2D eigenvalue weighted by Gasteiger charge is -2.19. The third-order valence-electron chi connectivity index (χ3n) is 3.07. The zero-order chi connectivity index (χ0) is 14.7. The average Bonchev–Trinajstić information content (AvgIpc) is 2.45. The first-order valence-electron chi connectivity index (χ1n) is 6.02. The van der Waals surface area contributed by atoms with Crippen LogP contribution in [0.25, 0.3) is 0 Å². The standard InChI is InChI=1S/C15H14ClF2NO/c1-19-15(9-4-3-5-10(6-9)20-2)11-7-13(17)14(18)8-12(11)16/h3-8,15,19H,1-2H3. The molecule has 1 atom stereocenters. The SMILES string of the molecule is CNC(c1cccc(OC)c1)c1cc(F)c(F)cc1Cl. The van der Waals surface area contributed by atoms with Crippen LogP contribution in [-0.4, -0.2) is 14.2 Å². The van der Waals surface area contributed by atoms with Crippen LogP contribution in [0.2, 0.25) is 5.02 Å². The first-order valence-corrected chi connectivity index (χ1v) is 6.40. The number of hydrogen-bond acceptors (Lipinski definition) is 2. The highest BCUT2D eigenvalue weighted by atomic mass is 35.5. The van der Waals surface area contributed by atoms with Gasteiger partial charge < -0.3 is 10.1 Å². The first-order chi connectivity index (χ1) is 9.56. The largest absolute Gasteiger partial charge is 0.497 e. The van der Waals surface area contributed by atoms with Gasteiger partial charge in [-0.2, -0.15) is 0 Å². The number of nitrogens with one attached hydrogen (secondary N) is 1. The number of rotatable bonds is 4. The molecule has 5 heteroatoms. The van der Waals surface area contributed by atoms with Crippen molar-refractivity contribution in [3.63, 3.8) is 0 Å². The van der Waals surface area contributed by atoms with Gasteiger partial charge in [0, 0.05) is 5.02 Å². The molecule has 0 saturated heterocycles. The highest BCUT2D eigenvalue weighted by Gasteiger charge is 2.18. The second kappa shape index (κ2) is 6.20. The van der Waals surface area contributed by atoms with Gasteiger partial charge in [0.1, 0.15) is 5.75 Å². The summed E-state index contributed by atoms with van der Waals surface area (Å²) in [5.74, 6) is -1.20. The maximum atomic E-state index is 13.4. The first kappa shape index (κ1) is 14.8. The molecule has 0 amide bonds. The molecule has 0 aliphatic rings. The maximum absolute atomic E-state index is 13.4. The van der Waals surface area contributed by atoms with Crippen LogP contribution in [0.1, 0.15) is 17.2 Å². The molecule has 0 saturated carbocycles. The second-order valence-corrected chi connectivity index (χ2v) is 4.69. The maximum Gasteiger partial charge on any atom is 0.160 e. The zero-order valence-electron chi connectivity index (χ0n) is 11.1. The molecule has 0 bridgehead atoms. The summed E-state index contributed by atoms with van der Waals surface area (Å²) < 4.78 is 31.7. The van der Waals surface area contributed by atoms with E-state index in [0.29, 0.717) is 11.3 Å². The fourth-order valence-electron chi connectivity index (χ4n) is 2.08. The minimum Gasteiger partial charge on any atom is -0.497 e. The molecule has 20 heavy (non-hydrogen) atoms. The van der Waals surface area contributed by atoms with Crippen LogP contribution < -0.4 is 10.1 Å². The van der Waals surface area contributed by atoms with Crippen LogP contribution in [0.15, 0.2) is 36.4 Å². The molecule has 0 spiro atoms. The van der Waals surface area contributed by atoms with E-state index < -0.39 is 11.6 Å². The van der Waals surface area contributed by atoms with E-state index in [2.05, 4.69) is 5.32 Å². The van der Waals surface area contributed by atoms with Gasteiger partial charge in [0.25, 0.3) is 0 Å². The van der Waals surface area contributed by atoms with Crippen molar-refractivity contribution in [3.8, 4) is 5.75 Å². The van der Waals surface area contributed by atoms with Crippen LogP contribution in [-0.2, 0) is 0 Å². The number of hydrogen-bond donors (Lipinski definition) is 1. The van der Waals surface area contributed by atoms with E-state index in [1.54, 1.807) is 14.2 Å².